The maximum Gasteiger partial charge on any atom is 0.272 e. The summed E-state index contributed by atoms with van der Waals surface area (Å²) >= 11 is 9.10. The molecule has 0 aliphatic rings. The van der Waals surface area contributed by atoms with Gasteiger partial charge >= 0.3 is 0 Å². The van der Waals surface area contributed by atoms with Gasteiger partial charge in [-0.15, -0.1) is 0 Å². The summed E-state index contributed by atoms with van der Waals surface area (Å²) in [5.41, 5.74) is 0.671. The van der Waals surface area contributed by atoms with Crippen LogP contribution in [0, 0.1) is 0 Å². The third-order valence-corrected chi connectivity index (χ3v) is 5.46. The fraction of sp³-hybridized carbons (Fsp3) is 0.368. The molecular weight excluding hydrogens is 432 g/mol. The van der Waals surface area contributed by atoms with Gasteiger partial charge in [-0.05, 0) is 48.4 Å². The molecule has 2 amide bonds. The third kappa shape index (κ3) is 7.09. The Morgan fingerprint density at radius 2 is 2.00 bits per heavy atom. The van der Waals surface area contributed by atoms with Crippen LogP contribution in [0.2, 0.25) is 5.02 Å². The number of halogens is 1. The number of methoxy groups -OCH3 is 1. The van der Waals surface area contributed by atoms with Crippen LogP contribution in [0.1, 0.15) is 23.8 Å². The molecule has 0 spiro atoms. The van der Waals surface area contributed by atoms with Gasteiger partial charge in [-0.1, -0.05) is 30.3 Å². The lowest BCUT2D eigenvalue weighted by atomic mass is 10.2. The number of hydrogen-bond acceptors (Lipinski definition) is 7. The number of aromatic nitrogens is 2. The van der Waals surface area contributed by atoms with Crippen molar-refractivity contribution in [3.63, 3.8) is 0 Å². The summed E-state index contributed by atoms with van der Waals surface area (Å²) in [4.78, 5) is 33.8. The van der Waals surface area contributed by atoms with Crippen LogP contribution in [0.15, 0.2) is 35.6 Å². The summed E-state index contributed by atoms with van der Waals surface area (Å²) in [6.45, 7) is 1.96. The van der Waals surface area contributed by atoms with Gasteiger partial charge in [0.25, 0.3) is 5.91 Å². The molecule has 0 saturated carbocycles. The average Bonchev–Trinajstić information content (AvgIpc) is 2.73. The standard InChI is InChI=1S/C19H23ClN4O3S2/c1-4-29-19-21-11-14(20)16(24-19)18(26)23-15(9-10-28-3)17(25)22-12-5-7-13(27-2)8-6-12/h5-8,11,15H,4,9-10H2,1-3H3,(H,22,25)(H,23,26)/t15-/m0/s1. The predicted molar refractivity (Wildman–Crippen MR) is 119 cm³/mol. The Kier molecular flexibility index (Phi) is 9.56. The van der Waals surface area contributed by atoms with Crippen LogP contribution in [0.4, 0.5) is 5.69 Å². The van der Waals surface area contributed by atoms with Gasteiger partial charge in [0.2, 0.25) is 5.91 Å². The van der Waals surface area contributed by atoms with Gasteiger partial charge in [-0.3, -0.25) is 9.59 Å². The number of nitrogens with one attached hydrogen (secondary N) is 2. The van der Waals surface area contributed by atoms with Crippen LogP contribution >= 0.6 is 35.1 Å². The molecule has 2 rings (SSSR count). The molecule has 7 nitrogen and oxygen atoms in total. The zero-order chi connectivity index (χ0) is 21.2. The highest BCUT2D eigenvalue weighted by Crippen LogP contribution is 2.19. The average molecular weight is 455 g/mol. The third-order valence-electron chi connectivity index (χ3n) is 3.80. The summed E-state index contributed by atoms with van der Waals surface area (Å²) in [6.07, 6.45) is 3.81. The number of thioether (sulfide) groups is 2. The molecule has 1 heterocycles. The Labute approximate surface area is 183 Å². The summed E-state index contributed by atoms with van der Waals surface area (Å²) < 4.78 is 5.12. The number of rotatable bonds is 10. The zero-order valence-electron chi connectivity index (χ0n) is 16.4. The van der Waals surface area contributed by atoms with E-state index in [0.717, 1.165) is 5.75 Å². The van der Waals surface area contributed by atoms with Gasteiger partial charge in [-0.25, -0.2) is 9.97 Å². The molecule has 0 radical (unpaired) electrons. The molecule has 0 unspecified atom stereocenters. The second-order valence-electron chi connectivity index (χ2n) is 5.81. The van der Waals surface area contributed by atoms with E-state index < -0.39 is 11.9 Å². The number of nitrogens with zero attached hydrogens (tertiary/aromatic N) is 2. The van der Waals surface area contributed by atoms with Crippen molar-refractivity contribution >= 4 is 52.6 Å². The van der Waals surface area contributed by atoms with E-state index >= 15 is 0 Å². The van der Waals surface area contributed by atoms with E-state index in [2.05, 4.69) is 20.6 Å². The Morgan fingerprint density at radius 1 is 1.28 bits per heavy atom. The molecule has 0 aliphatic heterocycles. The maximum atomic E-state index is 12.8. The van der Waals surface area contributed by atoms with Crippen molar-refractivity contribution < 1.29 is 14.3 Å². The number of ether oxygens (including phenoxy) is 1. The normalized spacial score (nSPS) is 11.6. The lowest BCUT2D eigenvalue weighted by Crippen LogP contribution is -2.44. The van der Waals surface area contributed by atoms with E-state index in [1.807, 2.05) is 13.2 Å². The molecule has 156 valence electrons. The molecule has 2 aromatic rings. The van der Waals surface area contributed by atoms with Crippen molar-refractivity contribution in [3.05, 3.63) is 41.2 Å². The largest absolute Gasteiger partial charge is 0.497 e. The van der Waals surface area contributed by atoms with Crippen LogP contribution in [-0.4, -0.2) is 52.7 Å². The molecule has 10 heteroatoms. The molecule has 1 atom stereocenters. The molecular formula is C19H23ClN4O3S2. The van der Waals surface area contributed by atoms with E-state index in [0.29, 0.717) is 28.8 Å². The quantitative estimate of drug-likeness (QED) is 0.417. The smallest absolute Gasteiger partial charge is 0.272 e. The minimum Gasteiger partial charge on any atom is -0.497 e. The number of carbonyl (C=O) groups excluding carboxylic acids is 2. The second-order valence-corrected chi connectivity index (χ2v) is 8.43. The van der Waals surface area contributed by atoms with E-state index in [1.165, 1.54) is 18.0 Å². The number of benzene rings is 1. The molecule has 0 bridgehead atoms. The molecule has 1 aromatic heterocycles. The Bertz CT molecular complexity index is 837. The molecule has 0 fully saturated rings. The maximum absolute atomic E-state index is 12.8. The Balaban J connectivity index is 2.13. The van der Waals surface area contributed by atoms with Crippen molar-refractivity contribution in [2.24, 2.45) is 0 Å². The monoisotopic (exact) mass is 454 g/mol. The lowest BCUT2D eigenvalue weighted by molar-refractivity contribution is -0.118. The number of anilines is 1. The van der Waals surface area contributed by atoms with Crippen LogP contribution in [0.3, 0.4) is 0 Å². The first-order valence-corrected chi connectivity index (χ1v) is 11.6. The summed E-state index contributed by atoms with van der Waals surface area (Å²) in [5, 5.41) is 6.17. The number of carbonyl (C=O) groups is 2. The fourth-order valence-electron chi connectivity index (χ4n) is 2.34. The van der Waals surface area contributed by atoms with Crippen LogP contribution in [0.5, 0.6) is 5.75 Å². The number of hydrogen-bond donors (Lipinski definition) is 2. The fourth-order valence-corrected chi connectivity index (χ4v) is 3.53. The van der Waals surface area contributed by atoms with E-state index in [1.54, 1.807) is 43.1 Å². The first-order chi connectivity index (χ1) is 14.0. The van der Waals surface area contributed by atoms with Gasteiger partial charge in [-0.2, -0.15) is 11.8 Å². The summed E-state index contributed by atoms with van der Waals surface area (Å²) in [7, 11) is 1.57. The predicted octanol–water partition coefficient (Wildman–Crippen LogP) is 3.74. The molecule has 1 aromatic carbocycles. The van der Waals surface area contributed by atoms with Crippen molar-refractivity contribution in [2.75, 3.05) is 30.2 Å². The van der Waals surface area contributed by atoms with Gasteiger partial charge < -0.3 is 15.4 Å². The van der Waals surface area contributed by atoms with Crippen LogP contribution in [0.25, 0.3) is 0 Å². The molecule has 29 heavy (non-hydrogen) atoms. The molecule has 0 saturated heterocycles. The van der Waals surface area contributed by atoms with E-state index in [-0.39, 0.29) is 16.6 Å². The minimum absolute atomic E-state index is 0.0593. The number of amides is 2. The van der Waals surface area contributed by atoms with E-state index in [9.17, 15) is 9.59 Å². The van der Waals surface area contributed by atoms with Gasteiger partial charge in [0.05, 0.1) is 18.3 Å². The highest BCUT2D eigenvalue weighted by molar-refractivity contribution is 7.99. The van der Waals surface area contributed by atoms with Crippen molar-refractivity contribution in [1.29, 1.82) is 0 Å². The topological polar surface area (TPSA) is 93.2 Å². The van der Waals surface area contributed by atoms with Crippen molar-refractivity contribution in [2.45, 2.75) is 24.5 Å². The Morgan fingerprint density at radius 3 is 2.62 bits per heavy atom. The SMILES string of the molecule is CCSc1ncc(Cl)c(C(=O)N[C@@H](CCSC)C(=O)Nc2ccc(OC)cc2)n1. The summed E-state index contributed by atoms with van der Waals surface area (Å²) in [5.74, 6) is 1.34. The highest BCUT2D eigenvalue weighted by Gasteiger charge is 2.24. The van der Waals surface area contributed by atoms with Crippen LogP contribution < -0.4 is 15.4 Å². The second kappa shape index (κ2) is 11.9. The van der Waals surface area contributed by atoms with Crippen molar-refractivity contribution in [1.82, 2.24) is 15.3 Å². The van der Waals surface area contributed by atoms with Gasteiger partial charge in [0, 0.05) is 5.69 Å². The minimum atomic E-state index is -0.731. The highest BCUT2D eigenvalue weighted by atomic mass is 35.5. The van der Waals surface area contributed by atoms with Gasteiger partial charge in [0.1, 0.15) is 11.8 Å². The van der Waals surface area contributed by atoms with Crippen molar-refractivity contribution in [3.8, 4) is 5.75 Å². The lowest BCUT2D eigenvalue weighted by Gasteiger charge is -2.18. The molecule has 0 aliphatic carbocycles. The zero-order valence-corrected chi connectivity index (χ0v) is 18.8. The van der Waals surface area contributed by atoms with Crippen LogP contribution in [-0.2, 0) is 4.79 Å². The first kappa shape index (κ1) is 23.3. The molecule has 2 N–H and O–H groups in total. The first-order valence-electron chi connectivity index (χ1n) is 8.88. The van der Waals surface area contributed by atoms with E-state index in [4.69, 9.17) is 16.3 Å². The van der Waals surface area contributed by atoms with Gasteiger partial charge in [0.15, 0.2) is 10.9 Å². The Hall–Kier alpha value is -1.97. The summed E-state index contributed by atoms with van der Waals surface area (Å²) in [6, 6.07) is 6.24.